The zero-order chi connectivity index (χ0) is 13.9. The highest BCUT2D eigenvalue weighted by molar-refractivity contribution is 5.40. The predicted molar refractivity (Wildman–Crippen MR) is 61.6 cm³/mol. The Morgan fingerprint density at radius 2 is 1.58 bits per heavy atom. The Hall–Kier alpha value is -2.35. The average Bonchev–Trinajstić information content (AvgIpc) is 2.37. The Labute approximate surface area is 106 Å². The van der Waals surface area contributed by atoms with Crippen LogP contribution >= 0.6 is 0 Å². The lowest BCUT2D eigenvalue weighted by Crippen LogP contribution is -2.05. The molecule has 96 valence electrons. The van der Waals surface area contributed by atoms with E-state index in [2.05, 4.69) is 16.8 Å². The molecule has 0 aliphatic carbocycles. The van der Waals surface area contributed by atoms with E-state index in [1.165, 1.54) is 30.3 Å². The number of halogens is 4. The topological polar surface area (TPSA) is 12.9 Å². The lowest BCUT2D eigenvalue weighted by atomic mass is 10.2. The van der Waals surface area contributed by atoms with Gasteiger partial charge in [0.15, 0.2) is 0 Å². The molecule has 0 aliphatic rings. The number of hydrogen-bond donors (Lipinski definition) is 0. The van der Waals surface area contributed by atoms with Gasteiger partial charge < -0.3 is 0 Å². The molecule has 0 fully saturated rings. The average molecular weight is 265 g/mol. The van der Waals surface area contributed by atoms with Crippen LogP contribution in [-0.2, 0) is 6.18 Å². The minimum Gasteiger partial charge on any atom is -0.247 e. The first-order chi connectivity index (χ1) is 8.95. The van der Waals surface area contributed by atoms with Gasteiger partial charge in [0, 0.05) is 11.8 Å². The lowest BCUT2D eigenvalue weighted by molar-refractivity contribution is -0.137. The molecule has 1 nitrogen and oxygen atoms in total. The maximum Gasteiger partial charge on any atom is 0.417 e. The van der Waals surface area contributed by atoms with Gasteiger partial charge in [-0.1, -0.05) is 5.92 Å². The summed E-state index contributed by atoms with van der Waals surface area (Å²) in [6.45, 7) is 0. The Bertz CT molecular complexity index is 616. The van der Waals surface area contributed by atoms with Gasteiger partial charge in [0.1, 0.15) is 11.5 Å². The van der Waals surface area contributed by atoms with Crippen LogP contribution in [0.1, 0.15) is 16.8 Å². The molecule has 0 spiro atoms. The lowest BCUT2D eigenvalue weighted by Gasteiger charge is -2.04. The molecule has 1 aromatic carbocycles. The molecule has 0 unspecified atom stereocenters. The molecule has 2 aromatic rings. The Balaban J connectivity index is 2.19. The highest BCUT2D eigenvalue weighted by atomic mass is 19.4. The Morgan fingerprint density at radius 3 is 2.11 bits per heavy atom. The third kappa shape index (κ3) is 3.55. The molecule has 0 amide bonds. The van der Waals surface area contributed by atoms with Gasteiger partial charge in [-0.3, -0.25) is 0 Å². The molecule has 5 heteroatoms. The van der Waals surface area contributed by atoms with Gasteiger partial charge >= 0.3 is 6.18 Å². The van der Waals surface area contributed by atoms with E-state index in [1.807, 2.05) is 0 Å². The van der Waals surface area contributed by atoms with Gasteiger partial charge in [-0.15, -0.1) is 0 Å². The van der Waals surface area contributed by atoms with Gasteiger partial charge in [-0.25, -0.2) is 9.37 Å². The van der Waals surface area contributed by atoms with Crippen LogP contribution in [0.15, 0.2) is 42.6 Å². The maximum atomic E-state index is 12.6. The third-order valence-corrected chi connectivity index (χ3v) is 2.27. The van der Waals surface area contributed by atoms with Crippen molar-refractivity contribution in [1.29, 1.82) is 0 Å². The molecule has 0 atom stereocenters. The van der Waals surface area contributed by atoms with E-state index < -0.39 is 11.7 Å². The fourth-order valence-corrected chi connectivity index (χ4v) is 1.30. The van der Waals surface area contributed by atoms with Crippen LogP contribution < -0.4 is 0 Å². The predicted octanol–water partition coefficient (Wildman–Crippen LogP) is 3.64. The summed E-state index contributed by atoms with van der Waals surface area (Å²) in [5, 5.41) is 0. The van der Waals surface area contributed by atoms with Crippen molar-refractivity contribution in [3.8, 4) is 11.8 Å². The molecule has 1 aromatic heterocycles. The van der Waals surface area contributed by atoms with Crippen molar-refractivity contribution >= 4 is 0 Å². The zero-order valence-electron chi connectivity index (χ0n) is 9.50. The summed E-state index contributed by atoms with van der Waals surface area (Å²) in [5.74, 6) is 4.92. The second-order valence-corrected chi connectivity index (χ2v) is 3.69. The van der Waals surface area contributed by atoms with E-state index in [1.54, 1.807) is 0 Å². The first kappa shape index (κ1) is 13.1. The van der Waals surface area contributed by atoms with Crippen molar-refractivity contribution < 1.29 is 17.6 Å². The fraction of sp³-hybridized carbons (Fsp3) is 0.0714. The SMILES string of the molecule is Fc1ccc(C#Cc2ccc(C(F)(F)F)cn2)cc1. The third-order valence-electron chi connectivity index (χ3n) is 2.27. The highest BCUT2D eigenvalue weighted by Crippen LogP contribution is 2.28. The van der Waals surface area contributed by atoms with Gasteiger partial charge in [0.05, 0.1) is 5.56 Å². The van der Waals surface area contributed by atoms with Crippen molar-refractivity contribution in [2.75, 3.05) is 0 Å². The number of aromatic nitrogens is 1. The summed E-state index contributed by atoms with van der Waals surface area (Å²) in [6.07, 6.45) is -3.68. The van der Waals surface area contributed by atoms with E-state index in [4.69, 9.17) is 0 Å². The van der Waals surface area contributed by atoms with Crippen molar-refractivity contribution in [3.05, 3.63) is 65.2 Å². The van der Waals surface area contributed by atoms with Crippen molar-refractivity contribution in [3.63, 3.8) is 0 Å². The van der Waals surface area contributed by atoms with Crippen LogP contribution in [0.25, 0.3) is 0 Å². The fourth-order valence-electron chi connectivity index (χ4n) is 1.30. The van der Waals surface area contributed by atoms with Crippen molar-refractivity contribution in [2.24, 2.45) is 0 Å². The van der Waals surface area contributed by atoms with E-state index in [0.29, 0.717) is 5.56 Å². The molecular formula is C14H7F4N. The molecule has 0 saturated heterocycles. The van der Waals surface area contributed by atoms with Crippen LogP contribution in [0, 0.1) is 17.7 Å². The largest absolute Gasteiger partial charge is 0.417 e. The van der Waals surface area contributed by atoms with E-state index >= 15 is 0 Å². The molecule has 2 rings (SSSR count). The van der Waals surface area contributed by atoms with E-state index in [-0.39, 0.29) is 11.5 Å². The molecule has 0 N–H and O–H groups in total. The maximum absolute atomic E-state index is 12.6. The minimum absolute atomic E-state index is 0.220. The first-order valence-corrected chi connectivity index (χ1v) is 5.26. The normalized spacial score (nSPS) is 10.7. The summed E-state index contributed by atoms with van der Waals surface area (Å²) in [4.78, 5) is 3.61. The summed E-state index contributed by atoms with van der Waals surface area (Å²) < 4.78 is 49.5. The summed E-state index contributed by atoms with van der Waals surface area (Å²) >= 11 is 0. The molecular weight excluding hydrogens is 258 g/mol. The van der Waals surface area contributed by atoms with Gasteiger partial charge in [-0.05, 0) is 42.3 Å². The van der Waals surface area contributed by atoms with E-state index in [0.717, 1.165) is 12.3 Å². The van der Waals surface area contributed by atoms with Crippen molar-refractivity contribution in [1.82, 2.24) is 4.98 Å². The summed E-state index contributed by atoms with van der Waals surface area (Å²) in [5.41, 5.74) is -0.0414. The second-order valence-electron chi connectivity index (χ2n) is 3.69. The number of hydrogen-bond acceptors (Lipinski definition) is 1. The molecule has 19 heavy (non-hydrogen) atoms. The smallest absolute Gasteiger partial charge is 0.247 e. The minimum atomic E-state index is -4.41. The van der Waals surface area contributed by atoms with Crippen LogP contribution in [0.2, 0.25) is 0 Å². The second kappa shape index (κ2) is 5.11. The van der Waals surface area contributed by atoms with Crippen LogP contribution in [0.3, 0.4) is 0 Å². The van der Waals surface area contributed by atoms with E-state index in [9.17, 15) is 17.6 Å². The quantitative estimate of drug-likeness (QED) is 0.523. The number of pyridine rings is 1. The number of benzene rings is 1. The first-order valence-electron chi connectivity index (χ1n) is 5.26. The molecule has 0 aliphatic heterocycles. The summed E-state index contributed by atoms with van der Waals surface area (Å²) in [7, 11) is 0. The molecule has 0 saturated carbocycles. The standard InChI is InChI=1S/C14H7F4N/c15-12-5-1-10(2-6-12)3-7-13-8-4-11(9-19-13)14(16,17)18/h1-2,4-6,8-9H. The Kier molecular flexibility index (Phi) is 3.52. The highest BCUT2D eigenvalue weighted by Gasteiger charge is 2.30. The molecule has 1 heterocycles. The number of rotatable bonds is 0. The van der Waals surface area contributed by atoms with Crippen molar-refractivity contribution in [2.45, 2.75) is 6.18 Å². The number of nitrogens with zero attached hydrogens (tertiary/aromatic N) is 1. The van der Waals surface area contributed by atoms with Crippen LogP contribution in [-0.4, -0.2) is 4.98 Å². The van der Waals surface area contributed by atoms with Crippen LogP contribution in [0.4, 0.5) is 17.6 Å². The Morgan fingerprint density at radius 1 is 0.895 bits per heavy atom. The monoisotopic (exact) mass is 265 g/mol. The zero-order valence-corrected chi connectivity index (χ0v) is 9.50. The molecule has 0 radical (unpaired) electrons. The van der Waals surface area contributed by atoms with Gasteiger partial charge in [0.25, 0.3) is 0 Å². The van der Waals surface area contributed by atoms with Crippen LogP contribution in [0.5, 0.6) is 0 Å². The van der Waals surface area contributed by atoms with Gasteiger partial charge in [0.2, 0.25) is 0 Å². The number of alkyl halides is 3. The summed E-state index contributed by atoms with van der Waals surface area (Å²) in [6, 6.07) is 7.58. The molecule has 0 bridgehead atoms. The van der Waals surface area contributed by atoms with Gasteiger partial charge in [-0.2, -0.15) is 13.2 Å².